The zero-order valence-electron chi connectivity index (χ0n) is 7.24. The van der Waals surface area contributed by atoms with Gasteiger partial charge in [-0.2, -0.15) is 5.10 Å². The second kappa shape index (κ2) is 2.80. The van der Waals surface area contributed by atoms with E-state index in [1.165, 1.54) is 0 Å². The van der Waals surface area contributed by atoms with Gasteiger partial charge >= 0.3 is 0 Å². The molecule has 1 N–H and O–H groups in total. The number of nitrogens with one attached hydrogen (secondary N) is 1. The molecule has 74 valence electrons. The average molecular weight is 258 g/mol. The smallest absolute Gasteiger partial charge is 0.269 e. The summed E-state index contributed by atoms with van der Waals surface area (Å²) < 4.78 is 7.76. The second-order valence-corrected chi connectivity index (χ2v) is 4.29. The van der Waals surface area contributed by atoms with E-state index in [9.17, 15) is 4.79 Å². The molecule has 2 unspecified atom stereocenters. The number of carbonyl (C=O) groups excluding carboxylic acids is 1. The molecule has 0 radical (unpaired) electrons. The van der Waals surface area contributed by atoms with Crippen molar-refractivity contribution in [1.82, 2.24) is 15.1 Å². The number of halogens is 1. The highest BCUT2D eigenvalue weighted by Crippen LogP contribution is 2.26. The Labute approximate surface area is 88.5 Å². The largest absolute Gasteiger partial charge is 0.377 e. The lowest BCUT2D eigenvalue weighted by atomic mass is 10.1. The van der Waals surface area contributed by atoms with Crippen molar-refractivity contribution in [2.24, 2.45) is 0 Å². The normalized spacial score (nSPS) is 29.6. The Morgan fingerprint density at radius 2 is 2.50 bits per heavy atom. The van der Waals surface area contributed by atoms with E-state index in [0.29, 0.717) is 23.5 Å². The quantitative estimate of drug-likeness (QED) is 0.729. The maximum atomic E-state index is 11.6. The number of carbonyl (C=O) groups is 1. The van der Waals surface area contributed by atoms with Gasteiger partial charge in [0, 0.05) is 6.07 Å². The molecule has 1 saturated heterocycles. The van der Waals surface area contributed by atoms with Crippen LogP contribution < -0.4 is 5.32 Å². The fourth-order valence-corrected chi connectivity index (χ4v) is 2.34. The van der Waals surface area contributed by atoms with E-state index in [1.807, 2.05) is 0 Å². The molecule has 1 aromatic heterocycles. The number of fused-ring (bicyclic) bond motifs is 3. The van der Waals surface area contributed by atoms with Crippen molar-refractivity contribution in [1.29, 1.82) is 0 Å². The van der Waals surface area contributed by atoms with Crippen LogP contribution in [-0.4, -0.2) is 34.9 Å². The van der Waals surface area contributed by atoms with Gasteiger partial charge in [0.1, 0.15) is 10.3 Å². The number of hydrogen-bond donors (Lipinski definition) is 1. The maximum Gasteiger partial charge on any atom is 0.269 e. The Morgan fingerprint density at radius 3 is 3.36 bits per heavy atom. The summed E-state index contributed by atoms with van der Waals surface area (Å²) in [7, 11) is 0. The molecule has 2 aliphatic rings. The summed E-state index contributed by atoms with van der Waals surface area (Å²) in [5.41, 5.74) is 0.601. The Hall–Kier alpha value is -0.880. The van der Waals surface area contributed by atoms with E-state index in [-0.39, 0.29) is 18.0 Å². The standard InChI is InChI=1S/C8H8BrN3O2/c9-7-1-5-8(13)10-4-2-14-3-6(4)12(5)11-7/h1,4,6H,2-3H2,(H,10,13). The summed E-state index contributed by atoms with van der Waals surface area (Å²) in [5, 5.41) is 7.14. The first-order valence-electron chi connectivity index (χ1n) is 4.39. The number of hydrogen-bond acceptors (Lipinski definition) is 3. The van der Waals surface area contributed by atoms with Crippen molar-refractivity contribution in [2.45, 2.75) is 12.1 Å². The van der Waals surface area contributed by atoms with Crippen molar-refractivity contribution in [3.8, 4) is 0 Å². The van der Waals surface area contributed by atoms with Gasteiger partial charge in [-0.25, -0.2) is 0 Å². The lowest BCUT2D eigenvalue weighted by molar-refractivity contribution is 0.0887. The van der Waals surface area contributed by atoms with Crippen LogP contribution in [0.2, 0.25) is 0 Å². The van der Waals surface area contributed by atoms with Crippen molar-refractivity contribution < 1.29 is 9.53 Å². The molecule has 2 atom stereocenters. The van der Waals surface area contributed by atoms with Crippen LogP contribution in [0.3, 0.4) is 0 Å². The minimum absolute atomic E-state index is 0.0711. The van der Waals surface area contributed by atoms with Crippen LogP contribution in [0.1, 0.15) is 16.5 Å². The van der Waals surface area contributed by atoms with E-state index in [0.717, 1.165) is 0 Å². The van der Waals surface area contributed by atoms with Crippen molar-refractivity contribution in [2.75, 3.05) is 13.2 Å². The van der Waals surface area contributed by atoms with Crippen LogP contribution >= 0.6 is 15.9 Å². The van der Waals surface area contributed by atoms with Crippen LogP contribution in [-0.2, 0) is 4.74 Å². The Bertz CT molecular complexity index is 403. The number of rotatable bonds is 0. The van der Waals surface area contributed by atoms with Crippen molar-refractivity contribution in [3.05, 3.63) is 16.4 Å². The molecule has 3 heterocycles. The summed E-state index contributed by atoms with van der Waals surface area (Å²) in [5.74, 6) is -0.0741. The fourth-order valence-electron chi connectivity index (χ4n) is 1.95. The summed E-state index contributed by atoms with van der Waals surface area (Å²) in [4.78, 5) is 11.6. The molecular formula is C8H8BrN3O2. The summed E-state index contributed by atoms with van der Waals surface area (Å²) in [6, 6.07) is 1.94. The van der Waals surface area contributed by atoms with E-state index in [4.69, 9.17) is 4.74 Å². The first-order chi connectivity index (χ1) is 6.75. The van der Waals surface area contributed by atoms with Crippen LogP contribution in [0, 0.1) is 0 Å². The SMILES string of the molecule is O=C1NC2COCC2n2nc(Br)cc21. The molecule has 1 amide bonds. The van der Waals surface area contributed by atoms with Gasteiger partial charge < -0.3 is 10.1 Å². The average Bonchev–Trinajstić information content (AvgIpc) is 2.69. The molecule has 3 rings (SSSR count). The molecule has 14 heavy (non-hydrogen) atoms. The number of amides is 1. The molecule has 2 aliphatic heterocycles. The van der Waals surface area contributed by atoms with E-state index in [2.05, 4.69) is 26.3 Å². The minimum atomic E-state index is -0.0741. The topological polar surface area (TPSA) is 56.1 Å². The Balaban J connectivity index is 2.13. The minimum Gasteiger partial charge on any atom is -0.377 e. The molecular weight excluding hydrogens is 250 g/mol. The third-order valence-electron chi connectivity index (χ3n) is 2.62. The highest BCUT2D eigenvalue weighted by Gasteiger charge is 2.38. The van der Waals surface area contributed by atoms with E-state index >= 15 is 0 Å². The van der Waals surface area contributed by atoms with Crippen LogP contribution in [0.4, 0.5) is 0 Å². The third kappa shape index (κ3) is 1.04. The molecule has 5 nitrogen and oxygen atoms in total. The van der Waals surface area contributed by atoms with Gasteiger partial charge in [-0.15, -0.1) is 0 Å². The second-order valence-electron chi connectivity index (χ2n) is 3.48. The van der Waals surface area contributed by atoms with Crippen LogP contribution in [0.25, 0.3) is 0 Å². The van der Waals surface area contributed by atoms with Crippen LogP contribution in [0.15, 0.2) is 10.7 Å². The lowest BCUT2D eigenvalue weighted by Crippen LogP contribution is -2.47. The summed E-state index contributed by atoms with van der Waals surface area (Å²) in [6.07, 6.45) is 0. The molecule has 1 fully saturated rings. The van der Waals surface area contributed by atoms with Gasteiger partial charge in [0.2, 0.25) is 0 Å². The molecule has 0 spiro atoms. The Kier molecular flexibility index (Phi) is 1.69. The molecule has 0 saturated carbocycles. The van der Waals surface area contributed by atoms with E-state index < -0.39 is 0 Å². The van der Waals surface area contributed by atoms with Gasteiger partial charge in [0.05, 0.1) is 25.3 Å². The van der Waals surface area contributed by atoms with Crippen molar-refractivity contribution >= 4 is 21.8 Å². The summed E-state index contributed by atoms with van der Waals surface area (Å²) in [6.45, 7) is 1.19. The highest BCUT2D eigenvalue weighted by molar-refractivity contribution is 9.10. The lowest BCUT2D eigenvalue weighted by Gasteiger charge is -2.25. The Morgan fingerprint density at radius 1 is 1.64 bits per heavy atom. The molecule has 1 aromatic rings. The molecule has 6 heteroatoms. The monoisotopic (exact) mass is 257 g/mol. The van der Waals surface area contributed by atoms with Gasteiger partial charge in [-0.3, -0.25) is 9.48 Å². The maximum absolute atomic E-state index is 11.6. The van der Waals surface area contributed by atoms with Gasteiger partial charge in [0.15, 0.2) is 0 Å². The van der Waals surface area contributed by atoms with Crippen molar-refractivity contribution in [3.63, 3.8) is 0 Å². The number of aromatic nitrogens is 2. The highest BCUT2D eigenvalue weighted by atomic mass is 79.9. The van der Waals surface area contributed by atoms with Crippen LogP contribution in [0.5, 0.6) is 0 Å². The first kappa shape index (κ1) is 8.43. The predicted molar refractivity (Wildman–Crippen MR) is 51.0 cm³/mol. The molecule has 0 aliphatic carbocycles. The number of ether oxygens (including phenoxy) is 1. The van der Waals surface area contributed by atoms with Gasteiger partial charge in [-0.1, -0.05) is 0 Å². The van der Waals surface area contributed by atoms with Gasteiger partial charge in [0.25, 0.3) is 5.91 Å². The predicted octanol–water partition coefficient (Wildman–Crippen LogP) is 0.329. The summed E-state index contributed by atoms with van der Waals surface area (Å²) >= 11 is 3.26. The molecule has 0 aromatic carbocycles. The fraction of sp³-hybridized carbons (Fsp3) is 0.500. The first-order valence-corrected chi connectivity index (χ1v) is 5.18. The van der Waals surface area contributed by atoms with Gasteiger partial charge in [-0.05, 0) is 15.9 Å². The zero-order valence-corrected chi connectivity index (χ0v) is 8.82. The number of nitrogens with zero attached hydrogens (tertiary/aromatic N) is 2. The zero-order chi connectivity index (χ0) is 9.71. The van der Waals surface area contributed by atoms with E-state index in [1.54, 1.807) is 10.7 Å². The molecule has 0 bridgehead atoms. The third-order valence-corrected chi connectivity index (χ3v) is 3.01.